The molecule has 0 spiro atoms. The number of halogens is 4. The minimum absolute atomic E-state index is 0.104. The van der Waals surface area contributed by atoms with Crippen LogP contribution >= 0.6 is 0 Å². The lowest BCUT2D eigenvalue weighted by molar-refractivity contribution is -0.138. The Morgan fingerprint density at radius 1 is 1.11 bits per heavy atom. The highest BCUT2D eigenvalue weighted by Gasteiger charge is 2.33. The van der Waals surface area contributed by atoms with Crippen LogP contribution in [0.4, 0.5) is 23.5 Å². The lowest BCUT2D eigenvalue weighted by atomic mass is 9.98. The number of anilines is 1. The highest BCUT2D eigenvalue weighted by Crippen LogP contribution is 2.35. The molecule has 3 N–H and O–H groups in total. The molecule has 0 amide bonds. The van der Waals surface area contributed by atoms with Crippen LogP contribution in [0.2, 0.25) is 0 Å². The predicted octanol–water partition coefficient (Wildman–Crippen LogP) is 4.01. The van der Waals surface area contributed by atoms with Gasteiger partial charge in [-0.1, -0.05) is 18.2 Å². The Kier molecular flexibility index (Phi) is 6.01. The minimum atomic E-state index is -4.62. The number of fused-ring (bicyclic) bond motifs is 1. The van der Waals surface area contributed by atoms with Gasteiger partial charge in [0.25, 0.3) is 0 Å². The molecular formula is C24H22F4N6O. The number of imidazole rings is 1. The first-order valence-electron chi connectivity index (χ1n) is 11.1. The van der Waals surface area contributed by atoms with Crippen molar-refractivity contribution >= 4 is 17.1 Å². The Balaban J connectivity index is 1.51. The van der Waals surface area contributed by atoms with E-state index >= 15 is 0 Å². The summed E-state index contributed by atoms with van der Waals surface area (Å²) in [5.74, 6) is 0.277. The summed E-state index contributed by atoms with van der Waals surface area (Å²) >= 11 is 0. The van der Waals surface area contributed by atoms with E-state index in [1.54, 1.807) is 0 Å². The number of H-pyrrole nitrogens is 1. The molecule has 1 aliphatic heterocycles. The molecule has 1 aliphatic rings. The van der Waals surface area contributed by atoms with Crippen molar-refractivity contribution in [3.05, 3.63) is 76.1 Å². The summed E-state index contributed by atoms with van der Waals surface area (Å²) in [6.07, 6.45) is -2.16. The Bertz CT molecular complexity index is 1400. The zero-order valence-corrected chi connectivity index (χ0v) is 18.5. The maximum absolute atomic E-state index is 13.8. The Morgan fingerprint density at radius 3 is 2.60 bits per heavy atom. The Hall–Kier alpha value is -3.73. The maximum Gasteiger partial charge on any atom is 0.416 e. The second-order valence-corrected chi connectivity index (χ2v) is 8.56. The van der Waals surface area contributed by atoms with Gasteiger partial charge in [0.05, 0.1) is 18.3 Å². The van der Waals surface area contributed by atoms with Gasteiger partial charge in [-0.15, -0.1) is 0 Å². The van der Waals surface area contributed by atoms with Crippen molar-refractivity contribution < 1.29 is 17.6 Å². The van der Waals surface area contributed by atoms with Gasteiger partial charge in [-0.25, -0.2) is 14.2 Å². The van der Waals surface area contributed by atoms with Crippen LogP contribution in [0.1, 0.15) is 17.5 Å². The highest BCUT2D eigenvalue weighted by atomic mass is 19.4. The average molecular weight is 486 g/mol. The number of aromatic amines is 1. The first-order valence-corrected chi connectivity index (χ1v) is 11.1. The van der Waals surface area contributed by atoms with Gasteiger partial charge >= 0.3 is 11.9 Å². The van der Waals surface area contributed by atoms with E-state index < -0.39 is 23.2 Å². The molecule has 5 rings (SSSR count). The minimum Gasteiger partial charge on any atom is -0.354 e. The molecule has 0 bridgehead atoms. The van der Waals surface area contributed by atoms with Crippen LogP contribution in [-0.4, -0.2) is 39.2 Å². The maximum atomic E-state index is 13.8. The molecule has 0 saturated carbocycles. The quantitative estimate of drug-likeness (QED) is 0.359. The summed E-state index contributed by atoms with van der Waals surface area (Å²) in [5.41, 5.74) is 0.0135. The largest absolute Gasteiger partial charge is 0.416 e. The number of hydrogen-bond donors (Lipinski definition) is 3. The second kappa shape index (κ2) is 9.14. The van der Waals surface area contributed by atoms with Crippen molar-refractivity contribution in [2.45, 2.75) is 19.1 Å². The monoisotopic (exact) mass is 486 g/mol. The van der Waals surface area contributed by atoms with Crippen LogP contribution in [0.5, 0.6) is 0 Å². The van der Waals surface area contributed by atoms with E-state index in [4.69, 9.17) is 0 Å². The van der Waals surface area contributed by atoms with Gasteiger partial charge in [-0.3, -0.25) is 4.57 Å². The van der Waals surface area contributed by atoms with Gasteiger partial charge in [0, 0.05) is 6.54 Å². The molecule has 2 aromatic carbocycles. The third kappa shape index (κ3) is 4.90. The number of alkyl halides is 3. The van der Waals surface area contributed by atoms with Crippen LogP contribution in [0.15, 0.2) is 53.5 Å². The lowest BCUT2D eigenvalue weighted by Gasteiger charge is -2.15. The number of rotatable bonds is 6. The average Bonchev–Trinajstić information content (AvgIpc) is 3.45. The first-order chi connectivity index (χ1) is 16.8. The summed E-state index contributed by atoms with van der Waals surface area (Å²) in [4.78, 5) is 23.9. The van der Waals surface area contributed by atoms with Crippen molar-refractivity contribution in [1.82, 2.24) is 24.8 Å². The van der Waals surface area contributed by atoms with Crippen LogP contribution in [0.25, 0.3) is 22.3 Å². The zero-order chi connectivity index (χ0) is 24.6. The summed E-state index contributed by atoms with van der Waals surface area (Å²) in [5, 5.41) is 6.42. The summed E-state index contributed by atoms with van der Waals surface area (Å²) in [7, 11) is 0. The second-order valence-electron chi connectivity index (χ2n) is 8.56. The molecule has 35 heavy (non-hydrogen) atoms. The van der Waals surface area contributed by atoms with E-state index in [1.165, 1.54) is 47.2 Å². The number of nitrogens with one attached hydrogen (secondary N) is 3. The van der Waals surface area contributed by atoms with Gasteiger partial charge in [-0.05, 0) is 66.4 Å². The molecule has 2 aromatic heterocycles. The van der Waals surface area contributed by atoms with Gasteiger partial charge in [0.1, 0.15) is 11.3 Å². The molecule has 7 nitrogen and oxygen atoms in total. The SMILES string of the molecule is O=c1[nH]c2cnc(NC[C@@H]3CCNC3)nc2n1Cc1cc(-c2ccc(F)cc2)ccc1C(F)(F)F. The van der Waals surface area contributed by atoms with Crippen molar-refractivity contribution in [1.29, 1.82) is 0 Å². The molecule has 1 fully saturated rings. The van der Waals surface area contributed by atoms with Crippen molar-refractivity contribution in [2.75, 3.05) is 25.0 Å². The van der Waals surface area contributed by atoms with Gasteiger partial charge < -0.3 is 15.6 Å². The van der Waals surface area contributed by atoms with Crippen LogP contribution in [-0.2, 0) is 12.7 Å². The van der Waals surface area contributed by atoms with Crippen molar-refractivity contribution in [3.8, 4) is 11.1 Å². The molecular weight excluding hydrogens is 464 g/mol. The van der Waals surface area contributed by atoms with Gasteiger partial charge in [0.15, 0.2) is 5.65 Å². The third-order valence-corrected chi connectivity index (χ3v) is 6.14. The molecule has 4 aromatic rings. The fourth-order valence-corrected chi connectivity index (χ4v) is 4.30. The molecule has 0 radical (unpaired) electrons. The van der Waals surface area contributed by atoms with Gasteiger partial charge in [-0.2, -0.15) is 18.2 Å². The summed E-state index contributed by atoms with van der Waals surface area (Å²) in [6.45, 7) is 2.12. The van der Waals surface area contributed by atoms with Crippen molar-refractivity contribution in [3.63, 3.8) is 0 Å². The fraction of sp³-hybridized carbons (Fsp3) is 0.292. The Morgan fingerprint density at radius 2 is 1.89 bits per heavy atom. The fourth-order valence-electron chi connectivity index (χ4n) is 4.30. The molecule has 0 unspecified atom stereocenters. The molecule has 182 valence electrons. The van der Waals surface area contributed by atoms with Crippen LogP contribution < -0.4 is 16.3 Å². The lowest BCUT2D eigenvalue weighted by Crippen LogP contribution is -2.21. The topological polar surface area (TPSA) is 87.6 Å². The number of aromatic nitrogens is 4. The number of hydrogen-bond acceptors (Lipinski definition) is 5. The van der Waals surface area contributed by atoms with E-state index in [0.29, 0.717) is 35.1 Å². The van der Waals surface area contributed by atoms with Crippen molar-refractivity contribution in [2.24, 2.45) is 5.92 Å². The number of benzene rings is 2. The molecule has 1 atom stereocenters. The zero-order valence-electron chi connectivity index (χ0n) is 18.5. The normalized spacial score (nSPS) is 16.2. The molecule has 0 aliphatic carbocycles. The van der Waals surface area contributed by atoms with E-state index in [1.807, 2.05) is 0 Å². The highest BCUT2D eigenvalue weighted by molar-refractivity contribution is 5.71. The standard InChI is InChI=1S/C24H22F4N6O/c25-18-4-1-15(2-5-18)16-3-6-19(24(26,27)28)17(9-16)13-34-21-20(32-23(34)35)12-31-22(33-21)30-11-14-7-8-29-10-14/h1-6,9,12,14,29H,7-8,10-11,13H2,(H,32,35)(H,30,31,33)/t14-/m1/s1. The first kappa shape index (κ1) is 23.0. The predicted molar refractivity (Wildman–Crippen MR) is 124 cm³/mol. The molecule has 3 heterocycles. The van der Waals surface area contributed by atoms with E-state index in [0.717, 1.165) is 25.6 Å². The molecule has 1 saturated heterocycles. The summed E-state index contributed by atoms with van der Waals surface area (Å²) < 4.78 is 55.9. The smallest absolute Gasteiger partial charge is 0.354 e. The van der Waals surface area contributed by atoms with Gasteiger partial charge in [0.2, 0.25) is 5.95 Å². The van der Waals surface area contributed by atoms with E-state index in [2.05, 4.69) is 25.6 Å². The summed E-state index contributed by atoms with van der Waals surface area (Å²) in [6, 6.07) is 9.14. The Labute approximate surface area is 197 Å². The van der Waals surface area contributed by atoms with Crippen LogP contribution in [0.3, 0.4) is 0 Å². The van der Waals surface area contributed by atoms with Crippen LogP contribution in [0, 0.1) is 11.7 Å². The van der Waals surface area contributed by atoms with E-state index in [-0.39, 0.29) is 17.8 Å². The van der Waals surface area contributed by atoms with E-state index in [9.17, 15) is 22.4 Å². The number of nitrogens with zero attached hydrogens (tertiary/aromatic N) is 3. The molecule has 11 heteroatoms. The third-order valence-electron chi connectivity index (χ3n) is 6.14.